The van der Waals surface area contributed by atoms with Gasteiger partial charge in [-0.15, -0.1) is 11.3 Å². The maximum absolute atomic E-state index is 14.7. The maximum Gasteiger partial charge on any atom is 0.280 e. The summed E-state index contributed by atoms with van der Waals surface area (Å²) >= 11 is 1.09. The molecule has 0 radical (unpaired) electrons. The highest BCUT2D eigenvalue weighted by atomic mass is 32.2. The number of thiazole rings is 1. The number of nitrogens with zero attached hydrogens (tertiary/aromatic N) is 4. The zero-order valence-corrected chi connectivity index (χ0v) is 21.8. The van der Waals surface area contributed by atoms with Gasteiger partial charge in [0.2, 0.25) is 15.9 Å². The van der Waals surface area contributed by atoms with Crippen molar-refractivity contribution in [1.29, 1.82) is 0 Å². The van der Waals surface area contributed by atoms with Crippen LogP contribution in [0, 0.1) is 5.82 Å². The van der Waals surface area contributed by atoms with Crippen LogP contribution in [0.3, 0.4) is 0 Å². The quantitative estimate of drug-likeness (QED) is 0.410. The number of ether oxygens (including phenoxy) is 2. The molecule has 198 valence electrons. The molecule has 1 aliphatic heterocycles. The van der Waals surface area contributed by atoms with Crippen LogP contribution in [0.2, 0.25) is 0 Å². The number of hydrogen-bond acceptors (Lipinski definition) is 10. The first-order valence-electron chi connectivity index (χ1n) is 11.8. The fraction of sp³-hybridized carbons (Fsp3) is 0.435. The van der Waals surface area contributed by atoms with Gasteiger partial charge in [0.25, 0.3) is 5.91 Å². The van der Waals surface area contributed by atoms with E-state index in [1.807, 2.05) is 6.92 Å². The van der Waals surface area contributed by atoms with Crippen molar-refractivity contribution in [2.24, 2.45) is 0 Å². The number of anilines is 1. The van der Waals surface area contributed by atoms with Crippen LogP contribution in [0.1, 0.15) is 48.1 Å². The Labute approximate surface area is 217 Å². The second-order valence-electron chi connectivity index (χ2n) is 8.17. The molecule has 2 aliphatic rings. The lowest BCUT2D eigenvalue weighted by Crippen LogP contribution is -2.24. The lowest BCUT2D eigenvalue weighted by molar-refractivity contribution is 0.0949. The summed E-state index contributed by atoms with van der Waals surface area (Å²) < 4.78 is 51.3. The smallest absolute Gasteiger partial charge is 0.280 e. The molecular weight excluding hydrogens is 523 g/mol. The number of aromatic nitrogens is 4. The zero-order chi connectivity index (χ0) is 26.3. The molecule has 0 spiro atoms. The van der Waals surface area contributed by atoms with Gasteiger partial charge in [0.15, 0.2) is 10.8 Å². The zero-order valence-electron chi connectivity index (χ0n) is 20.1. The van der Waals surface area contributed by atoms with Crippen LogP contribution in [0.4, 0.5) is 10.1 Å². The third-order valence-corrected chi connectivity index (χ3v) is 8.15. The molecule has 2 N–H and O–H groups in total. The van der Waals surface area contributed by atoms with E-state index in [0.29, 0.717) is 35.9 Å². The molecule has 0 atom stereocenters. The first-order chi connectivity index (χ1) is 17.9. The van der Waals surface area contributed by atoms with Gasteiger partial charge in [0, 0.05) is 25.6 Å². The van der Waals surface area contributed by atoms with Crippen molar-refractivity contribution in [3.05, 3.63) is 47.4 Å². The first-order valence-corrected chi connectivity index (χ1v) is 14.2. The molecule has 0 unspecified atom stereocenters. The Morgan fingerprint density at radius 3 is 2.68 bits per heavy atom. The normalized spacial score (nSPS) is 15.0. The van der Waals surface area contributed by atoms with Gasteiger partial charge in [-0.3, -0.25) is 19.5 Å². The maximum atomic E-state index is 14.7. The van der Waals surface area contributed by atoms with Crippen LogP contribution in [0.15, 0.2) is 30.9 Å². The van der Waals surface area contributed by atoms with Gasteiger partial charge in [-0.2, -0.15) is 0 Å². The monoisotopic (exact) mass is 550 g/mol. The van der Waals surface area contributed by atoms with Crippen LogP contribution in [0.25, 0.3) is 10.6 Å². The van der Waals surface area contributed by atoms with Crippen molar-refractivity contribution in [3.8, 4) is 16.5 Å². The van der Waals surface area contributed by atoms with Gasteiger partial charge in [-0.25, -0.2) is 22.8 Å². The molecule has 0 bridgehead atoms. The number of amides is 1. The third-order valence-electron chi connectivity index (χ3n) is 5.28. The van der Waals surface area contributed by atoms with E-state index in [2.05, 4.69) is 30.0 Å². The third kappa shape index (κ3) is 7.40. The van der Waals surface area contributed by atoms with Crippen molar-refractivity contribution >= 4 is 33.0 Å². The number of sulfonamides is 1. The Morgan fingerprint density at radius 2 is 2.00 bits per heavy atom. The number of rotatable bonds is 9. The van der Waals surface area contributed by atoms with Gasteiger partial charge >= 0.3 is 0 Å². The SMILES string of the molecule is C1CCOC1.CCOc1cncc(-c2cnc(C(=O)NCc3nccc(NS(=O)(=O)C4CC4)c3F)s2)n1. The molecule has 2 fully saturated rings. The van der Waals surface area contributed by atoms with Crippen LogP contribution in [-0.4, -0.2) is 59.3 Å². The second kappa shape index (κ2) is 12.3. The van der Waals surface area contributed by atoms with Crippen molar-refractivity contribution in [3.63, 3.8) is 0 Å². The van der Waals surface area contributed by atoms with Crippen LogP contribution < -0.4 is 14.8 Å². The van der Waals surface area contributed by atoms with Gasteiger partial charge < -0.3 is 14.8 Å². The average molecular weight is 551 g/mol. The summed E-state index contributed by atoms with van der Waals surface area (Å²) in [5, 5.41) is 2.20. The summed E-state index contributed by atoms with van der Waals surface area (Å²) in [4.78, 5) is 29.4. The van der Waals surface area contributed by atoms with Crippen LogP contribution in [-0.2, 0) is 21.3 Å². The summed E-state index contributed by atoms with van der Waals surface area (Å²) in [6.45, 7) is 4.04. The molecule has 5 rings (SSSR count). The van der Waals surface area contributed by atoms with Crippen molar-refractivity contribution < 1.29 is 27.1 Å². The minimum Gasteiger partial charge on any atom is -0.477 e. The molecule has 0 aromatic carbocycles. The van der Waals surface area contributed by atoms with Gasteiger partial charge in [-0.05, 0) is 38.7 Å². The highest BCUT2D eigenvalue weighted by Crippen LogP contribution is 2.30. The van der Waals surface area contributed by atoms with E-state index in [1.54, 1.807) is 0 Å². The molecule has 4 heterocycles. The summed E-state index contributed by atoms with van der Waals surface area (Å²) in [6.07, 6.45) is 9.46. The summed E-state index contributed by atoms with van der Waals surface area (Å²) in [5.74, 6) is -0.997. The lowest BCUT2D eigenvalue weighted by Gasteiger charge is -2.10. The highest BCUT2D eigenvalue weighted by molar-refractivity contribution is 7.93. The first kappa shape index (κ1) is 26.8. The average Bonchev–Trinajstić information content (AvgIpc) is 3.36. The molecule has 3 aromatic heterocycles. The van der Waals surface area contributed by atoms with E-state index in [-0.39, 0.29) is 22.9 Å². The van der Waals surface area contributed by atoms with Gasteiger partial charge in [0.1, 0.15) is 5.69 Å². The van der Waals surface area contributed by atoms with Gasteiger partial charge in [-0.1, -0.05) is 0 Å². The second-order valence-corrected chi connectivity index (χ2v) is 11.2. The molecule has 1 saturated carbocycles. The fourth-order valence-electron chi connectivity index (χ4n) is 3.24. The number of halogens is 1. The predicted octanol–water partition coefficient (Wildman–Crippen LogP) is 3.16. The van der Waals surface area contributed by atoms with E-state index < -0.39 is 27.0 Å². The molecule has 1 aliphatic carbocycles. The molecule has 11 nitrogen and oxygen atoms in total. The van der Waals surface area contributed by atoms with Crippen LogP contribution in [0.5, 0.6) is 5.88 Å². The van der Waals surface area contributed by atoms with E-state index in [9.17, 15) is 17.6 Å². The topological polar surface area (TPSA) is 145 Å². The summed E-state index contributed by atoms with van der Waals surface area (Å²) in [6, 6.07) is 1.24. The summed E-state index contributed by atoms with van der Waals surface area (Å²) in [5.41, 5.74) is 0.220. The number of hydrogen-bond donors (Lipinski definition) is 2. The Hall–Kier alpha value is -3.23. The van der Waals surface area contributed by atoms with Crippen molar-refractivity contribution in [2.45, 2.75) is 44.4 Å². The molecule has 37 heavy (non-hydrogen) atoms. The Bertz CT molecular complexity index is 1320. The van der Waals surface area contributed by atoms with E-state index in [4.69, 9.17) is 9.47 Å². The van der Waals surface area contributed by atoms with Gasteiger partial charge in [0.05, 0.1) is 47.1 Å². The predicted molar refractivity (Wildman–Crippen MR) is 135 cm³/mol. The molecule has 14 heteroatoms. The van der Waals surface area contributed by atoms with E-state index in [0.717, 1.165) is 24.6 Å². The Morgan fingerprint density at radius 1 is 1.22 bits per heavy atom. The number of carbonyl (C=O) groups excluding carboxylic acids is 1. The molecule has 1 amide bonds. The lowest BCUT2D eigenvalue weighted by atomic mass is 10.3. The molecule has 1 saturated heterocycles. The minimum absolute atomic E-state index is 0.0959. The number of pyridine rings is 1. The molecular formula is C23H27FN6O5S2. The number of nitrogens with one attached hydrogen (secondary N) is 2. The van der Waals surface area contributed by atoms with E-state index >= 15 is 0 Å². The molecule has 3 aromatic rings. The highest BCUT2D eigenvalue weighted by Gasteiger charge is 2.36. The van der Waals surface area contributed by atoms with Crippen molar-refractivity contribution in [1.82, 2.24) is 25.3 Å². The fourth-order valence-corrected chi connectivity index (χ4v) is 5.41. The Kier molecular flexibility index (Phi) is 8.95. The summed E-state index contributed by atoms with van der Waals surface area (Å²) in [7, 11) is -3.62. The van der Waals surface area contributed by atoms with Crippen LogP contribution >= 0.6 is 11.3 Å². The number of carbonyl (C=O) groups is 1. The van der Waals surface area contributed by atoms with E-state index in [1.165, 1.54) is 43.7 Å². The Balaban J connectivity index is 0.000000572. The standard InChI is InChI=1S/C19H19FN6O4S2.C4H8O/c1-2-30-16-10-21-7-13(25-16)15-9-24-19(31-15)18(27)23-8-14-17(20)12(5-6-22-14)26-32(28,29)11-3-4-11;1-2-4-5-3-1/h5-7,9-11H,2-4,8H2,1H3,(H,22,26)(H,23,27);1-4H2. The minimum atomic E-state index is -3.62. The van der Waals surface area contributed by atoms with Crippen molar-refractivity contribution in [2.75, 3.05) is 24.5 Å². The largest absolute Gasteiger partial charge is 0.477 e.